The number of hydrogen-bond donors (Lipinski definition) is 3. The van der Waals surface area contributed by atoms with Gasteiger partial charge in [-0.05, 0) is 28.8 Å². The number of rotatable bonds is 3. The molecule has 0 fully saturated rings. The van der Waals surface area contributed by atoms with Gasteiger partial charge in [0.15, 0.2) is 6.17 Å². The maximum atomic E-state index is 12.2. The molecule has 1 unspecified atom stereocenters. The molecule has 2 aromatic rings. The molecule has 0 aliphatic carbocycles. The zero-order chi connectivity index (χ0) is 18.5. The van der Waals surface area contributed by atoms with Gasteiger partial charge in [-0.3, -0.25) is 4.79 Å². The van der Waals surface area contributed by atoms with Gasteiger partial charge in [0.2, 0.25) is 10.0 Å². The zero-order valence-corrected chi connectivity index (χ0v) is 14.6. The van der Waals surface area contributed by atoms with Crippen molar-refractivity contribution in [3.05, 3.63) is 53.1 Å². The molecule has 1 atom stereocenters. The van der Waals surface area contributed by atoms with Gasteiger partial charge in [0.1, 0.15) is 0 Å². The number of carbonyl (C=O) groups excluding carboxylic acids is 1. The Morgan fingerprint density at radius 3 is 2.54 bits per heavy atom. The van der Waals surface area contributed by atoms with Crippen LogP contribution in [0.1, 0.15) is 27.7 Å². The number of carbonyl (C=O) groups is 1. The minimum Gasteiger partial charge on any atom is -0.348 e. The maximum absolute atomic E-state index is 12.2. The van der Waals surface area contributed by atoms with E-state index in [0.717, 1.165) is 11.1 Å². The summed E-state index contributed by atoms with van der Waals surface area (Å²) in [4.78, 5) is 12.0. The van der Waals surface area contributed by atoms with Crippen LogP contribution in [0, 0.1) is 0 Å². The van der Waals surface area contributed by atoms with Crippen molar-refractivity contribution in [2.45, 2.75) is 17.6 Å². The number of hydrazine groups is 1. The molecule has 4 rings (SSSR count). The smallest absolute Gasteiger partial charge is 0.251 e. The Kier molecular flexibility index (Phi) is 3.75. The average molecular weight is 372 g/mol. The minimum atomic E-state index is -3.99. The van der Waals surface area contributed by atoms with E-state index >= 15 is 0 Å². The van der Waals surface area contributed by atoms with E-state index < -0.39 is 16.2 Å². The van der Waals surface area contributed by atoms with E-state index in [0.29, 0.717) is 23.2 Å². The Balaban J connectivity index is 2.02. The highest BCUT2D eigenvalue weighted by atomic mass is 32.2. The lowest BCUT2D eigenvalue weighted by Crippen LogP contribution is -2.29. The molecule has 0 radical (unpaired) electrons. The van der Waals surface area contributed by atoms with Crippen LogP contribution in [0.15, 0.2) is 51.6 Å². The quantitative estimate of drug-likeness (QED) is 0.742. The second-order valence-corrected chi connectivity index (χ2v) is 7.61. The van der Waals surface area contributed by atoms with Crippen LogP contribution < -0.4 is 16.0 Å². The highest BCUT2D eigenvalue weighted by molar-refractivity contribution is 7.89. The molecule has 0 aromatic heterocycles. The maximum Gasteiger partial charge on any atom is 0.251 e. The van der Waals surface area contributed by atoms with Crippen LogP contribution in [0.25, 0.3) is 11.1 Å². The first-order valence-electron chi connectivity index (χ1n) is 7.82. The number of nitrogens with zero attached hydrogens (tertiary/aromatic N) is 3. The van der Waals surface area contributed by atoms with E-state index in [1.54, 1.807) is 36.3 Å². The minimum absolute atomic E-state index is 0.0237. The lowest BCUT2D eigenvalue weighted by atomic mass is 9.92. The van der Waals surface area contributed by atoms with Gasteiger partial charge < -0.3 is 5.32 Å². The second-order valence-electron chi connectivity index (χ2n) is 6.08. The van der Waals surface area contributed by atoms with E-state index in [1.807, 2.05) is 6.07 Å². The molecule has 9 nitrogen and oxygen atoms in total. The van der Waals surface area contributed by atoms with E-state index in [-0.39, 0.29) is 10.8 Å². The van der Waals surface area contributed by atoms with Crippen molar-refractivity contribution in [1.82, 2.24) is 15.9 Å². The van der Waals surface area contributed by atoms with Crippen molar-refractivity contribution in [2.75, 3.05) is 7.05 Å². The van der Waals surface area contributed by atoms with Crippen LogP contribution >= 0.6 is 0 Å². The number of primary sulfonamides is 1. The number of benzene rings is 2. The topological polar surface area (TPSA) is 129 Å². The van der Waals surface area contributed by atoms with Crippen molar-refractivity contribution in [1.29, 1.82) is 0 Å². The molecule has 2 aromatic carbocycles. The predicted octanol–water partition coefficient (Wildman–Crippen LogP) is 1.06. The first-order chi connectivity index (χ1) is 12.4. The third kappa shape index (κ3) is 2.55. The van der Waals surface area contributed by atoms with Gasteiger partial charge in [0.05, 0.1) is 4.90 Å². The van der Waals surface area contributed by atoms with Gasteiger partial charge >= 0.3 is 0 Å². The summed E-state index contributed by atoms with van der Waals surface area (Å²) in [5.74, 6) is -0.148. The van der Waals surface area contributed by atoms with Crippen molar-refractivity contribution >= 4 is 15.9 Å². The van der Waals surface area contributed by atoms with E-state index in [9.17, 15) is 13.2 Å². The number of sulfonamides is 1. The van der Waals surface area contributed by atoms with E-state index in [4.69, 9.17) is 5.14 Å². The highest BCUT2D eigenvalue weighted by Gasteiger charge is 2.32. The highest BCUT2D eigenvalue weighted by Crippen LogP contribution is 2.39. The average Bonchev–Trinajstić information content (AvgIpc) is 3.19. The van der Waals surface area contributed by atoms with Crippen molar-refractivity contribution in [3.8, 4) is 11.1 Å². The first kappa shape index (κ1) is 16.6. The molecular weight excluding hydrogens is 356 g/mol. The molecule has 0 saturated carbocycles. The molecular formula is C16H16N6O3S. The third-order valence-corrected chi connectivity index (χ3v) is 5.47. The molecule has 134 valence electrons. The first-order valence-corrected chi connectivity index (χ1v) is 9.37. The fourth-order valence-corrected chi connectivity index (χ4v) is 4.12. The van der Waals surface area contributed by atoms with Crippen LogP contribution in [0.3, 0.4) is 0 Å². The second kappa shape index (κ2) is 5.87. The monoisotopic (exact) mass is 372 g/mol. The molecule has 26 heavy (non-hydrogen) atoms. The summed E-state index contributed by atoms with van der Waals surface area (Å²) in [6.45, 7) is 0.379. The Hall–Kier alpha value is -2.82. The molecule has 0 spiro atoms. The van der Waals surface area contributed by atoms with Gasteiger partial charge in [-0.25, -0.2) is 19.1 Å². The SMILES string of the molecule is CN1NN=NC1c1c(-c2cccc3c2CNC3=O)cccc1S(N)(=O)=O. The zero-order valence-electron chi connectivity index (χ0n) is 13.8. The summed E-state index contributed by atoms with van der Waals surface area (Å²) in [6.07, 6.45) is -0.666. The van der Waals surface area contributed by atoms with E-state index in [2.05, 4.69) is 21.2 Å². The van der Waals surface area contributed by atoms with Gasteiger partial charge in [0, 0.05) is 24.7 Å². The van der Waals surface area contributed by atoms with Crippen molar-refractivity contribution < 1.29 is 13.2 Å². The van der Waals surface area contributed by atoms with Crippen LogP contribution in [0.5, 0.6) is 0 Å². The van der Waals surface area contributed by atoms with Gasteiger partial charge in [-0.15, -0.1) is 5.11 Å². The lowest BCUT2D eigenvalue weighted by Gasteiger charge is -2.22. The Bertz CT molecular complexity index is 1050. The van der Waals surface area contributed by atoms with Crippen molar-refractivity contribution in [3.63, 3.8) is 0 Å². The number of nitrogens with two attached hydrogens (primary N) is 1. The number of hydrogen-bond acceptors (Lipinski definition) is 7. The number of amides is 1. The van der Waals surface area contributed by atoms with Crippen LogP contribution in [-0.2, 0) is 16.6 Å². The van der Waals surface area contributed by atoms with Crippen LogP contribution in [0.2, 0.25) is 0 Å². The number of nitrogens with one attached hydrogen (secondary N) is 2. The molecule has 0 bridgehead atoms. The summed E-state index contributed by atoms with van der Waals surface area (Å²) < 4.78 is 24.4. The van der Waals surface area contributed by atoms with Crippen LogP contribution in [0.4, 0.5) is 0 Å². The summed E-state index contributed by atoms with van der Waals surface area (Å²) >= 11 is 0. The normalized spacial score (nSPS) is 19.3. The van der Waals surface area contributed by atoms with Gasteiger partial charge in [0.25, 0.3) is 5.91 Å². The number of fused-ring (bicyclic) bond motifs is 1. The van der Waals surface area contributed by atoms with Crippen LogP contribution in [-0.4, -0.2) is 26.4 Å². The van der Waals surface area contributed by atoms with Crippen molar-refractivity contribution in [2.24, 2.45) is 15.5 Å². The Morgan fingerprint density at radius 2 is 1.85 bits per heavy atom. The summed E-state index contributed by atoms with van der Waals surface area (Å²) in [7, 11) is -2.29. The molecule has 2 heterocycles. The third-order valence-electron chi connectivity index (χ3n) is 4.50. The van der Waals surface area contributed by atoms with Gasteiger partial charge in [-0.1, -0.05) is 29.5 Å². The largest absolute Gasteiger partial charge is 0.348 e. The molecule has 2 aliphatic heterocycles. The Morgan fingerprint density at radius 1 is 1.15 bits per heavy atom. The summed E-state index contributed by atoms with van der Waals surface area (Å²) in [6, 6.07) is 10.2. The standard InChI is InChI=1S/C16H16N6O3S/c1-22-15(19-20-21-22)14-10(5-3-7-13(14)26(17,24)25)9-4-2-6-11-12(9)8-18-16(11)23/h2-7,15H,8H2,1H3,(H,18,23)(H,19,21)(H2,17,24,25). The van der Waals surface area contributed by atoms with E-state index in [1.165, 1.54) is 6.07 Å². The summed E-state index contributed by atoms with van der Waals surface area (Å²) in [5.41, 5.74) is 5.89. The van der Waals surface area contributed by atoms with Gasteiger partial charge in [-0.2, -0.15) is 5.01 Å². The lowest BCUT2D eigenvalue weighted by molar-refractivity contribution is 0.0965. The molecule has 0 saturated heterocycles. The molecule has 1 amide bonds. The predicted molar refractivity (Wildman–Crippen MR) is 92.9 cm³/mol. The molecule has 2 aliphatic rings. The fraction of sp³-hybridized carbons (Fsp3) is 0.188. The summed E-state index contributed by atoms with van der Waals surface area (Å²) in [5, 5.41) is 17.7. The molecule has 10 heteroatoms. The Labute approximate surface area is 149 Å². The molecule has 4 N–H and O–H groups in total. The fourth-order valence-electron chi connectivity index (χ4n) is 3.33.